The van der Waals surface area contributed by atoms with Crippen molar-refractivity contribution in [1.29, 1.82) is 0 Å². The Morgan fingerprint density at radius 2 is 1.64 bits per heavy atom. The molecule has 2 aromatic carbocycles. The molecule has 2 amide bonds. The van der Waals surface area contributed by atoms with E-state index in [1.54, 1.807) is 11.2 Å². The van der Waals surface area contributed by atoms with Gasteiger partial charge in [0, 0.05) is 56.4 Å². The molecule has 1 unspecified atom stereocenters. The molecule has 0 bridgehead atoms. The van der Waals surface area contributed by atoms with Crippen molar-refractivity contribution in [2.75, 3.05) is 32.1 Å². The zero-order valence-corrected chi connectivity index (χ0v) is 26.0. The van der Waals surface area contributed by atoms with E-state index in [9.17, 15) is 9.59 Å². The van der Waals surface area contributed by atoms with E-state index in [0.717, 1.165) is 23.2 Å². The van der Waals surface area contributed by atoms with Crippen molar-refractivity contribution in [1.82, 2.24) is 14.8 Å². The van der Waals surface area contributed by atoms with Gasteiger partial charge in [-0.3, -0.25) is 9.59 Å². The Hall–Kier alpha value is -4.00. The zero-order chi connectivity index (χ0) is 30.3. The van der Waals surface area contributed by atoms with Crippen LogP contribution in [0.1, 0.15) is 57.4 Å². The van der Waals surface area contributed by atoms with Crippen LogP contribution in [0.5, 0.6) is 0 Å². The lowest BCUT2D eigenvalue weighted by atomic mass is 9.84. The molecule has 42 heavy (non-hydrogen) atoms. The predicted molar refractivity (Wildman–Crippen MR) is 170 cm³/mol. The third-order valence-corrected chi connectivity index (χ3v) is 7.59. The number of carbonyl (C=O) groups is 2. The third-order valence-electron chi connectivity index (χ3n) is 7.59. The smallest absolute Gasteiger partial charge is 0.242 e. The van der Waals surface area contributed by atoms with Gasteiger partial charge in [0.2, 0.25) is 11.8 Å². The number of rotatable bonds is 13. The summed E-state index contributed by atoms with van der Waals surface area (Å²) in [6, 6.07) is 20.2. The second-order valence-electron chi connectivity index (χ2n) is 12.9. The molecule has 224 valence electrons. The van der Waals surface area contributed by atoms with E-state index in [4.69, 9.17) is 4.42 Å². The van der Waals surface area contributed by atoms with Crippen molar-refractivity contribution in [3.05, 3.63) is 90.0 Å². The quantitative estimate of drug-likeness (QED) is 0.190. The topological polar surface area (TPSA) is 72.8 Å². The van der Waals surface area contributed by atoms with Crippen LogP contribution in [-0.4, -0.2) is 53.8 Å². The third kappa shape index (κ3) is 8.75. The van der Waals surface area contributed by atoms with E-state index in [-0.39, 0.29) is 36.2 Å². The number of furan rings is 1. The summed E-state index contributed by atoms with van der Waals surface area (Å²) in [6.45, 7) is 9.97. The minimum Gasteiger partial charge on any atom is -0.467 e. The summed E-state index contributed by atoms with van der Waals surface area (Å²) in [7, 11) is 4.03. The van der Waals surface area contributed by atoms with Gasteiger partial charge in [-0.15, -0.1) is 0 Å². The van der Waals surface area contributed by atoms with Gasteiger partial charge in [-0.1, -0.05) is 58.0 Å². The Morgan fingerprint density at radius 3 is 2.31 bits per heavy atom. The van der Waals surface area contributed by atoms with E-state index in [1.807, 2.05) is 49.5 Å². The lowest BCUT2D eigenvalue weighted by molar-refractivity contribution is -0.142. The van der Waals surface area contributed by atoms with Gasteiger partial charge in [0.25, 0.3) is 0 Å². The summed E-state index contributed by atoms with van der Waals surface area (Å²) >= 11 is 0. The first kappa shape index (κ1) is 30.9. The SMILES string of the molecule is CC(CC(=O)N(CC(=O)N(CCc1c[nH]c2ccccc12)Cc1ccc(N(C)C)cc1)Cc1ccco1)CC(C)(C)C. The lowest BCUT2D eigenvalue weighted by Gasteiger charge is -2.29. The Morgan fingerprint density at radius 1 is 0.905 bits per heavy atom. The maximum Gasteiger partial charge on any atom is 0.242 e. The first-order valence-electron chi connectivity index (χ1n) is 14.9. The minimum absolute atomic E-state index is 0.00539. The highest BCUT2D eigenvalue weighted by Gasteiger charge is 2.25. The van der Waals surface area contributed by atoms with Crippen LogP contribution >= 0.6 is 0 Å². The fourth-order valence-corrected chi connectivity index (χ4v) is 5.64. The number of nitrogens with one attached hydrogen (secondary N) is 1. The van der Waals surface area contributed by atoms with Crippen molar-refractivity contribution < 1.29 is 14.0 Å². The number of hydrogen-bond donors (Lipinski definition) is 1. The van der Waals surface area contributed by atoms with E-state index >= 15 is 0 Å². The summed E-state index contributed by atoms with van der Waals surface area (Å²) in [4.78, 5) is 36.5. The van der Waals surface area contributed by atoms with Gasteiger partial charge < -0.3 is 24.1 Å². The first-order valence-corrected chi connectivity index (χ1v) is 14.9. The molecule has 2 heterocycles. The van der Waals surface area contributed by atoms with Crippen LogP contribution in [0.15, 0.2) is 77.5 Å². The van der Waals surface area contributed by atoms with Crippen molar-refractivity contribution in [2.24, 2.45) is 11.3 Å². The average Bonchev–Trinajstić information content (AvgIpc) is 3.59. The monoisotopic (exact) mass is 570 g/mol. The molecule has 0 saturated carbocycles. The molecule has 0 fully saturated rings. The number of nitrogens with zero attached hydrogens (tertiary/aromatic N) is 3. The van der Waals surface area contributed by atoms with Crippen LogP contribution < -0.4 is 4.90 Å². The normalized spacial score (nSPS) is 12.3. The summed E-state index contributed by atoms with van der Waals surface area (Å²) in [6.07, 6.45) is 5.67. The summed E-state index contributed by atoms with van der Waals surface area (Å²) in [5.74, 6) is 0.780. The van der Waals surface area contributed by atoms with Gasteiger partial charge in [-0.05, 0) is 65.6 Å². The summed E-state index contributed by atoms with van der Waals surface area (Å²) < 4.78 is 5.58. The number of carbonyl (C=O) groups excluding carboxylic acids is 2. The number of aromatic amines is 1. The van der Waals surface area contributed by atoms with Gasteiger partial charge in [0.15, 0.2) is 0 Å². The molecule has 0 spiro atoms. The number of para-hydroxylation sites is 1. The van der Waals surface area contributed by atoms with Gasteiger partial charge in [0.05, 0.1) is 12.8 Å². The van der Waals surface area contributed by atoms with Crippen LogP contribution in [0, 0.1) is 11.3 Å². The van der Waals surface area contributed by atoms with Gasteiger partial charge >= 0.3 is 0 Å². The molecule has 0 aliphatic carbocycles. The highest BCUT2D eigenvalue weighted by atomic mass is 16.3. The Labute approximate surface area is 250 Å². The van der Waals surface area contributed by atoms with Gasteiger partial charge in [0.1, 0.15) is 12.3 Å². The maximum atomic E-state index is 14.0. The maximum absolute atomic E-state index is 14.0. The molecule has 0 aliphatic heterocycles. The lowest BCUT2D eigenvalue weighted by Crippen LogP contribution is -2.43. The van der Waals surface area contributed by atoms with Crippen molar-refractivity contribution in [2.45, 2.75) is 60.0 Å². The summed E-state index contributed by atoms with van der Waals surface area (Å²) in [5, 5.41) is 1.17. The molecule has 1 N–H and O–H groups in total. The molecule has 1 atom stereocenters. The summed E-state index contributed by atoms with van der Waals surface area (Å²) in [5.41, 5.74) is 4.55. The average molecular weight is 571 g/mol. The number of H-pyrrole nitrogens is 1. The Kier molecular flexibility index (Phi) is 10.2. The number of anilines is 1. The molecule has 0 aliphatic rings. The first-order chi connectivity index (χ1) is 20.0. The zero-order valence-electron chi connectivity index (χ0n) is 26.0. The fourth-order valence-electron chi connectivity index (χ4n) is 5.64. The highest BCUT2D eigenvalue weighted by molar-refractivity contribution is 5.85. The number of hydrogen-bond acceptors (Lipinski definition) is 4. The number of benzene rings is 2. The molecule has 0 radical (unpaired) electrons. The number of amides is 2. The number of aromatic nitrogens is 1. The molecule has 2 aromatic heterocycles. The number of fused-ring (bicyclic) bond motifs is 1. The molecule has 7 nitrogen and oxygen atoms in total. The van der Waals surface area contributed by atoms with Crippen LogP contribution in [-0.2, 0) is 29.1 Å². The van der Waals surface area contributed by atoms with Gasteiger partial charge in [-0.2, -0.15) is 0 Å². The Balaban J connectivity index is 1.54. The molecular weight excluding hydrogens is 524 g/mol. The highest BCUT2D eigenvalue weighted by Crippen LogP contribution is 2.27. The predicted octanol–water partition coefficient (Wildman–Crippen LogP) is 6.89. The van der Waals surface area contributed by atoms with E-state index < -0.39 is 0 Å². The largest absolute Gasteiger partial charge is 0.467 e. The van der Waals surface area contributed by atoms with E-state index in [2.05, 4.69) is 74.0 Å². The van der Waals surface area contributed by atoms with Crippen molar-refractivity contribution >= 4 is 28.4 Å². The van der Waals surface area contributed by atoms with Crippen LogP contribution in [0.3, 0.4) is 0 Å². The van der Waals surface area contributed by atoms with Crippen molar-refractivity contribution in [3.8, 4) is 0 Å². The molecular formula is C35H46N4O3. The second-order valence-corrected chi connectivity index (χ2v) is 12.9. The van der Waals surface area contributed by atoms with Crippen molar-refractivity contribution in [3.63, 3.8) is 0 Å². The molecule has 4 rings (SSSR count). The van der Waals surface area contributed by atoms with E-state index in [0.29, 0.717) is 31.7 Å². The Bertz CT molecular complexity index is 1430. The van der Waals surface area contributed by atoms with Gasteiger partial charge in [-0.25, -0.2) is 0 Å². The fraction of sp³-hybridized carbons (Fsp3) is 0.429. The van der Waals surface area contributed by atoms with Crippen LogP contribution in [0.25, 0.3) is 10.9 Å². The van der Waals surface area contributed by atoms with Crippen LogP contribution in [0.4, 0.5) is 5.69 Å². The minimum atomic E-state index is -0.0742. The van der Waals surface area contributed by atoms with E-state index in [1.165, 1.54) is 10.9 Å². The standard InChI is InChI=1S/C35H46N4O3/c1-26(21-35(2,3)4)20-33(40)39(24-30-10-9-19-42-30)25-34(41)38(23-27-13-15-29(16-14-27)37(5)6)18-17-28-22-36-32-12-8-7-11-31(28)32/h7-16,19,22,26,36H,17-18,20-21,23-25H2,1-6H3. The van der Waals surface area contributed by atoms with Crippen LogP contribution in [0.2, 0.25) is 0 Å². The molecule has 0 saturated heterocycles. The molecule has 7 heteroatoms. The molecule has 4 aromatic rings. The second kappa shape index (κ2) is 13.8.